The zero-order valence-electron chi connectivity index (χ0n) is 21.3. The lowest BCUT2D eigenvalue weighted by Gasteiger charge is -2.38. The van der Waals surface area contributed by atoms with Crippen molar-refractivity contribution < 1.29 is 28.5 Å². The number of esters is 2. The molecule has 3 unspecified atom stereocenters. The van der Waals surface area contributed by atoms with E-state index in [0.717, 1.165) is 27.9 Å². The van der Waals surface area contributed by atoms with Crippen LogP contribution in [0, 0.1) is 0 Å². The summed E-state index contributed by atoms with van der Waals surface area (Å²) in [5.74, 6) is 0.194. The van der Waals surface area contributed by atoms with E-state index in [9.17, 15) is 14.4 Å². The lowest BCUT2D eigenvalue weighted by Crippen LogP contribution is -2.33. The van der Waals surface area contributed by atoms with Crippen molar-refractivity contribution in [2.75, 3.05) is 31.7 Å². The number of fused-ring (bicyclic) bond motifs is 6. The SMILES string of the molecule is CC(=O)OC1C(=O)OCc2c1cc1p(c2=O)CC2=C(CNC(C)C)c3cc4c(cc3N(C)C21)OCCO4. The summed E-state index contributed by atoms with van der Waals surface area (Å²) < 4.78 is 22.3. The highest BCUT2D eigenvalue weighted by Gasteiger charge is 2.43. The van der Waals surface area contributed by atoms with Crippen LogP contribution in [0.5, 0.6) is 11.5 Å². The molecule has 0 amide bonds. The molecule has 37 heavy (non-hydrogen) atoms. The monoisotopic (exact) mass is 524 g/mol. The Balaban J connectivity index is 1.54. The molecule has 4 aliphatic rings. The van der Waals surface area contributed by atoms with Gasteiger partial charge in [0, 0.05) is 66.5 Å². The Morgan fingerprint density at radius 1 is 1.16 bits per heavy atom. The van der Waals surface area contributed by atoms with E-state index in [1.54, 1.807) is 0 Å². The topological polar surface area (TPSA) is 103 Å². The van der Waals surface area contributed by atoms with Crippen LogP contribution in [-0.2, 0) is 31.8 Å². The number of carbonyl (C=O) groups is 2. The molecule has 0 spiro atoms. The summed E-state index contributed by atoms with van der Waals surface area (Å²) in [4.78, 5) is 40.2. The fraction of sp³-hybridized carbons (Fsp3) is 0.444. The predicted octanol–water partition coefficient (Wildman–Crippen LogP) is 3.42. The Labute approximate surface area is 215 Å². The molecule has 0 aliphatic carbocycles. The molecule has 9 nitrogen and oxygen atoms in total. The number of anilines is 1. The van der Waals surface area contributed by atoms with E-state index in [1.165, 1.54) is 12.5 Å². The normalized spacial score (nSPS) is 21.7. The van der Waals surface area contributed by atoms with Crippen LogP contribution in [0.25, 0.3) is 5.57 Å². The van der Waals surface area contributed by atoms with Crippen LogP contribution in [0.15, 0.2) is 28.6 Å². The number of carbonyl (C=O) groups excluding carboxylic acids is 2. The third-order valence-corrected chi connectivity index (χ3v) is 9.79. The molecule has 1 aromatic carbocycles. The van der Waals surface area contributed by atoms with Gasteiger partial charge in [-0.1, -0.05) is 21.4 Å². The average Bonchev–Trinajstić information content (AvgIpc) is 3.24. The van der Waals surface area contributed by atoms with Crippen molar-refractivity contribution in [3.8, 4) is 11.5 Å². The summed E-state index contributed by atoms with van der Waals surface area (Å²) in [7, 11) is 0.849. The van der Waals surface area contributed by atoms with Gasteiger partial charge in [-0.2, -0.15) is 0 Å². The van der Waals surface area contributed by atoms with Crippen LogP contribution >= 0.6 is 7.53 Å². The molecule has 0 fully saturated rings. The zero-order chi connectivity index (χ0) is 26.0. The maximum absolute atomic E-state index is 13.8. The van der Waals surface area contributed by atoms with Gasteiger partial charge in [0.2, 0.25) is 11.3 Å². The minimum Gasteiger partial charge on any atom is -0.486 e. The van der Waals surface area contributed by atoms with Crippen LogP contribution < -0.4 is 24.9 Å². The first-order valence-electron chi connectivity index (χ1n) is 12.5. The first kappa shape index (κ1) is 24.1. The van der Waals surface area contributed by atoms with E-state index >= 15 is 0 Å². The molecule has 0 radical (unpaired) electrons. The second kappa shape index (κ2) is 8.92. The van der Waals surface area contributed by atoms with Crippen LogP contribution in [0.1, 0.15) is 54.9 Å². The number of cyclic esters (lactones) is 1. The molecular weight excluding hydrogens is 495 g/mol. The molecule has 0 bridgehead atoms. The highest BCUT2D eigenvalue weighted by molar-refractivity contribution is 7.49. The van der Waals surface area contributed by atoms with Gasteiger partial charge in [0.05, 0.1) is 6.04 Å². The lowest BCUT2D eigenvalue weighted by molar-refractivity contribution is -0.170. The largest absolute Gasteiger partial charge is 0.486 e. The number of hydrogen-bond donors (Lipinski definition) is 1. The highest BCUT2D eigenvalue weighted by atomic mass is 31.1. The Morgan fingerprint density at radius 3 is 2.59 bits per heavy atom. The Morgan fingerprint density at radius 2 is 1.89 bits per heavy atom. The molecule has 1 N–H and O–H groups in total. The number of benzene rings is 1. The molecule has 5 heterocycles. The Bertz CT molecular complexity index is 1430. The first-order valence-corrected chi connectivity index (χ1v) is 14.0. The van der Waals surface area contributed by atoms with Gasteiger partial charge < -0.3 is 29.2 Å². The second-order valence-electron chi connectivity index (χ2n) is 10.1. The van der Waals surface area contributed by atoms with Crippen molar-refractivity contribution in [2.24, 2.45) is 0 Å². The van der Waals surface area contributed by atoms with Gasteiger partial charge >= 0.3 is 11.9 Å². The van der Waals surface area contributed by atoms with Gasteiger partial charge in [-0.15, -0.1) is 0 Å². The van der Waals surface area contributed by atoms with Gasteiger partial charge in [-0.05, 0) is 23.3 Å². The van der Waals surface area contributed by atoms with Crippen molar-refractivity contribution in [2.45, 2.75) is 51.7 Å². The van der Waals surface area contributed by atoms with Crippen molar-refractivity contribution in [1.29, 1.82) is 0 Å². The van der Waals surface area contributed by atoms with Crippen molar-refractivity contribution in [1.82, 2.24) is 5.32 Å². The fourth-order valence-electron chi connectivity index (χ4n) is 5.69. The fourth-order valence-corrected chi connectivity index (χ4v) is 8.39. The first-order chi connectivity index (χ1) is 17.7. The summed E-state index contributed by atoms with van der Waals surface area (Å²) in [5, 5.41) is 4.53. The van der Waals surface area contributed by atoms with Crippen molar-refractivity contribution in [3.63, 3.8) is 0 Å². The molecular formula is C27H29N2O7P. The molecule has 1 aromatic heterocycles. The third kappa shape index (κ3) is 3.83. The number of likely N-dealkylation sites (N-methyl/N-ethyl adjacent to an activating group) is 1. The minimum atomic E-state index is -1.22. The number of nitrogens with one attached hydrogen (secondary N) is 1. The van der Waals surface area contributed by atoms with Gasteiger partial charge in [-0.25, -0.2) is 4.79 Å². The lowest BCUT2D eigenvalue weighted by atomic mass is 9.87. The summed E-state index contributed by atoms with van der Waals surface area (Å²) in [6, 6.07) is 6.15. The van der Waals surface area contributed by atoms with Gasteiger partial charge in [-0.3, -0.25) is 9.59 Å². The molecule has 194 valence electrons. The highest BCUT2D eigenvalue weighted by Crippen LogP contribution is 2.58. The smallest absolute Gasteiger partial charge is 0.352 e. The van der Waals surface area contributed by atoms with Crippen LogP contribution in [-0.4, -0.2) is 44.8 Å². The molecule has 3 atom stereocenters. The maximum Gasteiger partial charge on any atom is 0.352 e. The summed E-state index contributed by atoms with van der Waals surface area (Å²) in [6.07, 6.45) is -0.579. The van der Waals surface area contributed by atoms with Gasteiger partial charge in [0.25, 0.3) is 0 Å². The molecule has 0 saturated heterocycles. The Hall–Kier alpha value is -3.29. The van der Waals surface area contributed by atoms with Gasteiger partial charge in [0.15, 0.2) is 11.5 Å². The minimum absolute atomic E-state index is 0.00589. The molecule has 6 rings (SSSR count). The Kier molecular flexibility index (Phi) is 5.81. The summed E-state index contributed by atoms with van der Waals surface area (Å²) in [6.45, 7) is 7.03. The third-order valence-electron chi connectivity index (χ3n) is 7.37. The van der Waals surface area contributed by atoms with E-state index in [2.05, 4.69) is 30.1 Å². The van der Waals surface area contributed by atoms with Crippen LogP contribution in [0.4, 0.5) is 5.69 Å². The number of hydrogen-bond acceptors (Lipinski definition) is 9. The molecule has 10 heteroatoms. The maximum atomic E-state index is 13.8. The van der Waals surface area contributed by atoms with E-state index in [1.807, 2.05) is 19.2 Å². The second-order valence-corrected chi connectivity index (χ2v) is 12.2. The summed E-state index contributed by atoms with van der Waals surface area (Å²) in [5.41, 5.74) is 5.33. The van der Waals surface area contributed by atoms with Crippen molar-refractivity contribution in [3.05, 3.63) is 55.7 Å². The predicted molar refractivity (Wildman–Crippen MR) is 138 cm³/mol. The van der Waals surface area contributed by atoms with Crippen LogP contribution in [0.3, 0.4) is 0 Å². The average molecular weight is 525 g/mol. The number of ether oxygens (including phenoxy) is 4. The van der Waals surface area contributed by atoms with E-state index in [0.29, 0.717) is 42.8 Å². The quantitative estimate of drug-likeness (QED) is 0.603. The standard InChI is InChI=1S/C27H29N2O7P/c1-13(2)28-10-17-15-7-21-22(34-6-5-33-21)9-20(15)29(4)24-19(17)12-37-23(24)8-16-18(27(37)32)11-35-26(31)25(16)36-14(3)30/h7-9,13,24-25,28H,5-6,10-12H2,1-4H3. The summed E-state index contributed by atoms with van der Waals surface area (Å²) >= 11 is 0. The molecule has 0 saturated carbocycles. The number of rotatable bonds is 4. The molecule has 4 aliphatic heterocycles. The van der Waals surface area contributed by atoms with E-state index in [-0.39, 0.29) is 23.9 Å². The van der Waals surface area contributed by atoms with Gasteiger partial charge in [0.1, 0.15) is 19.8 Å². The van der Waals surface area contributed by atoms with Crippen LogP contribution in [0.2, 0.25) is 0 Å². The van der Waals surface area contributed by atoms with E-state index in [4.69, 9.17) is 18.9 Å². The molecule has 2 aromatic rings. The zero-order valence-corrected chi connectivity index (χ0v) is 22.1. The van der Waals surface area contributed by atoms with Crippen molar-refractivity contribution >= 4 is 30.7 Å². The van der Waals surface area contributed by atoms with E-state index < -0.39 is 25.6 Å². The number of nitrogens with zero attached hydrogens (tertiary/aromatic N) is 1.